The minimum Gasteiger partial charge on any atom is -0.201 e. The van der Waals surface area contributed by atoms with E-state index < -0.39 is 0 Å². The standard InChI is InChI=1S/C19H23N2/c1-2-3-4-5-6-17-7-9-19(10-8-17)16-21-13-11-18(15-20)12-14-21/h7-14H,2-6,16H2,1H3/q+1. The van der Waals surface area contributed by atoms with E-state index in [2.05, 4.69) is 41.8 Å². The second-order valence-corrected chi connectivity index (χ2v) is 5.50. The molecule has 2 aromatic rings. The molecule has 0 radical (unpaired) electrons. The number of aryl methyl sites for hydroxylation is 1. The molecule has 0 atom stereocenters. The fourth-order valence-electron chi connectivity index (χ4n) is 2.42. The highest BCUT2D eigenvalue weighted by atomic mass is 14.9. The Kier molecular flexibility index (Phi) is 5.97. The van der Waals surface area contributed by atoms with E-state index in [-0.39, 0.29) is 0 Å². The van der Waals surface area contributed by atoms with E-state index in [4.69, 9.17) is 5.26 Å². The number of nitrogens with zero attached hydrogens (tertiary/aromatic N) is 2. The SMILES string of the molecule is CCCCCCc1ccc(C[n+]2ccc(C#N)cc2)cc1. The lowest BCUT2D eigenvalue weighted by Crippen LogP contribution is -2.33. The third-order valence-electron chi connectivity index (χ3n) is 3.73. The van der Waals surface area contributed by atoms with Gasteiger partial charge in [-0.25, -0.2) is 4.57 Å². The van der Waals surface area contributed by atoms with Crippen molar-refractivity contribution in [2.75, 3.05) is 0 Å². The number of aromatic nitrogens is 1. The Labute approximate surface area is 127 Å². The van der Waals surface area contributed by atoms with Crippen molar-refractivity contribution in [1.29, 1.82) is 5.26 Å². The van der Waals surface area contributed by atoms with E-state index in [1.807, 2.05) is 24.5 Å². The Morgan fingerprint density at radius 1 is 0.905 bits per heavy atom. The normalized spacial score (nSPS) is 10.3. The monoisotopic (exact) mass is 279 g/mol. The molecule has 0 aliphatic heterocycles. The second-order valence-electron chi connectivity index (χ2n) is 5.50. The highest BCUT2D eigenvalue weighted by Gasteiger charge is 2.03. The van der Waals surface area contributed by atoms with Gasteiger partial charge in [-0.2, -0.15) is 5.26 Å². The minimum atomic E-state index is 0.702. The van der Waals surface area contributed by atoms with Gasteiger partial charge in [-0.15, -0.1) is 0 Å². The third kappa shape index (κ3) is 5.04. The zero-order chi connectivity index (χ0) is 14.9. The summed E-state index contributed by atoms with van der Waals surface area (Å²) in [5, 5.41) is 8.79. The van der Waals surface area contributed by atoms with Crippen LogP contribution in [-0.2, 0) is 13.0 Å². The summed E-state index contributed by atoms with van der Waals surface area (Å²) in [4.78, 5) is 0. The van der Waals surface area contributed by atoms with E-state index in [1.165, 1.54) is 43.2 Å². The maximum atomic E-state index is 8.79. The highest BCUT2D eigenvalue weighted by molar-refractivity contribution is 5.24. The fourth-order valence-corrected chi connectivity index (χ4v) is 2.42. The molecule has 1 aromatic carbocycles. The number of benzene rings is 1. The first-order valence-electron chi connectivity index (χ1n) is 7.79. The number of rotatable bonds is 7. The molecular weight excluding hydrogens is 256 g/mol. The Morgan fingerprint density at radius 2 is 1.57 bits per heavy atom. The zero-order valence-corrected chi connectivity index (χ0v) is 12.8. The molecule has 0 unspecified atom stereocenters. The van der Waals surface area contributed by atoms with Gasteiger partial charge in [0.2, 0.25) is 0 Å². The van der Waals surface area contributed by atoms with Crippen LogP contribution in [0.2, 0.25) is 0 Å². The van der Waals surface area contributed by atoms with Gasteiger partial charge in [-0.1, -0.05) is 50.5 Å². The Morgan fingerprint density at radius 3 is 2.19 bits per heavy atom. The average Bonchev–Trinajstić information content (AvgIpc) is 2.54. The number of hydrogen-bond donors (Lipinski definition) is 0. The summed E-state index contributed by atoms with van der Waals surface area (Å²) in [5.41, 5.74) is 3.43. The maximum absolute atomic E-state index is 8.79. The Balaban J connectivity index is 1.88. The Bertz CT molecular complexity index is 576. The molecule has 1 heterocycles. The lowest BCUT2D eigenvalue weighted by Gasteiger charge is -2.03. The second kappa shape index (κ2) is 8.21. The molecule has 0 saturated carbocycles. The van der Waals surface area contributed by atoms with Crippen LogP contribution in [0.4, 0.5) is 0 Å². The molecule has 0 bridgehead atoms. The van der Waals surface area contributed by atoms with Crippen molar-refractivity contribution >= 4 is 0 Å². The van der Waals surface area contributed by atoms with Gasteiger partial charge in [-0.05, 0) is 18.4 Å². The number of nitriles is 1. The summed E-state index contributed by atoms with van der Waals surface area (Å²) < 4.78 is 2.09. The number of pyridine rings is 1. The largest absolute Gasteiger partial charge is 0.201 e. The first kappa shape index (κ1) is 15.3. The lowest BCUT2D eigenvalue weighted by molar-refractivity contribution is -0.688. The summed E-state index contributed by atoms with van der Waals surface area (Å²) in [5.74, 6) is 0. The first-order valence-corrected chi connectivity index (χ1v) is 7.79. The predicted octanol–water partition coefficient (Wildman–Crippen LogP) is 4.02. The minimum absolute atomic E-state index is 0.702. The van der Waals surface area contributed by atoms with Crippen molar-refractivity contribution in [2.24, 2.45) is 0 Å². The quantitative estimate of drug-likeness (QED) is 0.555. The van der Waals surface area contributed by atoms with E-state index in [0.29, 0.717) is 5.56 Å². The van der Waals surface area contributed by atoms with Crippen LogP contribution in [-0.4, -0.2) is 0 Å². The van der Waals surface area contributed by atoms with Gasteiger partial charge in [0, 0.05) is 17.7 Å². The molecule has 108 valence electrons. The van der Waals surface area contributed by atoms with Crippen LogP contribution < -0.4 is 4.57 Å². The summed E-state index contributed by atoms with van der Waals surface area (Å²) in [7, 11) is 0. The summed E-state index contributed by atoms with van der Waals surface area (Å²) >= 11 is 0. The molecule has 0 aliphatic carbocycles. The topological polar surface area (TPSA) is 27.7 Å². The predicted molar refractivity (Wildman–Crippen MR) is 84.7 cm³/mol. The van der Waals surface area contributed by atoms with Gasteiger partial charge in [0.25, 0.3) is 0 Å². The summed E-state index contributed by atoms with van der Waals surface area (Å²) in [6.07, 6.45) is 10.4. The van der Waals surface area contributed by atoms with Crippen LogP contribution in [0.3, 0.4) is 0 Å². The van der Waals surface area contributed by atoms with E-state index in [1.54, 1.807) is 0 Å². The van der Waals surface area contributed by atoms with Crippen molar-refractivity contribution in [2.45, 2.75) is 45.6 Å². The van der Waals surface area contributed by atoms with Gasteiger partial charge < -0.3 is 0 Å². The average molecular weight is 279 g/mol. The van der Waals surface area contributed by atoms with Crippen LogP contribution in [0.15, 0.2) is 48.8 Å². The molecule has 21 heavy (non-hydrogen) atoms. The molecule has 0 spiro atoms. The number of unbranched alkanes of at least 4 members (excludes halogenated alkanes) is 3. The molecule has 2 rings (SSSR count). The van der Waals surface area contributed by atoms with Crippen LogP contribution >= 0.6 is 0 Å². The third-order valence-corrected chi connectivity index (χ3v) is 3.73. The van der Waals surface area contributed by atoms with Crippen molar-refractivity contribution < 1.29 is 4.57 Å². The van der Waals surface area contributed by atoms with E-state index >= 15 is 0 Å². The first-order chi connectivity index (χ1) is 10.3. The van der Waals surface area contributed by atoms with Crippen LogP contribution in [0, 0.1) is 11.3 Å². The fraction of sp³-hybridized carbons (Fsp3) is 0.368. The van der Waals surface area contributed by atoms with Gasteiger partial charge in [0.05, 0.1) is 11.6 Å². The molecule has 1 aromatic heterocycles. The van der Waals surface area contributed by atoms with Crippen LogP contribution in [0.5, 0.6) is 0 Å². The Hall–Kier alpha value is -2.14. The van der Waals surface area contributed by atoms with Gasteiger partial charge in [0.1, 0.15) is 0 Å². The van der Waals surface area contributed by atoms with Crippen LogP contribution in [0.25, 0.3) is 0 Å². The van der Waals surface area contributed by atoms with Crippen molar-refractivity contribution in [3.05, 3.63) is 65.5 Å². The van der Waals surface area contributed by atoms with Gasteiger partial charge in [0.15, 0.2) is 18.9 Å². The molecule has 0 N–H and O–H groups in total. The van der Waals surface area contributed by atoms with E-state index in [9.17, 15) is 0 Å². The van der Waals surface area contributed by atoms with Crippen molar-refractivity contribution in [3.63, 3.8) is 0 Å². The van der Waals surface area contributed by atoms with Gasteiger partial charge in [-0.3, -0.25) is 0 Å². The highest BCUT2D eigenvalue weighted by Crippen LogP contribution is 2.09. The summed E-state index contributed by atoms with van der Waals surface area (Å²) in [6.45, 7) is 3.09. The zero-order valence-electron chi connectivity index (χ0n) is 12.8. The van der Waals surface area contributed by atoms with Crippen LogP contribution in [0.1, 0.15) is 49.3 Å². The molecule has 0 amide bonds. The lowest BCUT2D eigenvalue weighted by atomic mass is 10.0. The summed E-state index contributed by atoms with van der Waals surface area (Å²) in [6, 6.07) is 14.7. The molecular formula is C19H23N2+. The van der Waals surface area contributed by atoms with E-state index in [0.717, 1.165) is 6.54 Å². The van der Waals surface area contributed by atoms with Crippen molar-refractivity contribution in [3.8, 4) is 6.07 Å². The molecule has 0 saturated heterocycles. The van der Waals surface area contributed by atoms with Gasteiger partial charge >= 0.3 is 0 Å². The number of hydrogen-bond acceptors (Lipinski definition) is 1. The van der Waals surface area contributed by atoms with Crippen molar-refractivity contribution in [1.82, 2.24) is 0 Å². The maximum Gasteiger partial charge on any atom is 0.173 e. The molecule has 0 fully saturated rings. The smallest absolute Gasteiger partial charge is 0.173 e. The molecule has 2 heteroatoms. The molecule has 0 aliphatic rings. The molecule has 2 nitrogen and oxygen atoms in total.